The Balaban J connectivity index is 1.52. The Labute approximate surface area is 231 Å². The number of carbonyl (C=O) groups is 2. The molecule has 0 heterocycles. The molecule has 0 aromatic heterocycles. The van der Waals surface area contributed by atoms with Crippen molar-refractivity contribution in [2.24, 2.45) is 0 Å². The Bertz CT molecular complexity index is 1130. The standard InChI is InChI=1S/C32H38N2O3S/c1-37-29-19-17-27(18-20-29)23-38-24-31(35)34(22-26-13-7-3-8-14-26)30(21-25-11-5-2-6-12-25)32(36)33-28-15-9-4-10-16-28/h2-3,5-8,11-14,17-20,28,30H,4,9-10,15-16,21-24H2,1H3,(H,33,36). The summed E-state index contributed by atoms with van der Waals surface area (Å²) in [5.74, 6) is 1.77. The van der Waals surface area contributed by atoms with Crippen LogP contribution in [0.4, 0.5) is 0 Å². The fourth-order valence-electron chi connectivity index (χ4n) is 4.94. The van der Waals surface area contributed by atoms with Crippen LogP contribution in [-0.2, 0) is 28.3 Å². The Morgan fingerprint density at radius 3 is 2.13 bits per heavy atom. The third-order valence-electron chi connectivity index (χ3n) is 7.07. The molecule has 1 aliphatic carbocycles. The Morgan fingerprint density at radius 1 is 0.868 bits per heavy atom. The van der Waals surface area contributed by atoms with Gasteiger partial charge in [-0.1, -0.05) is 92.1 Å². The lowest BCUT2D eigenvalue weighted by Crippen LogP contribution is -2.53. The molecule has 5 nitrogen and oxygen atoms in total. The van der Waals surface area contributed by atoms with Gasteiger partial charge >= 0.3 is 0 Å². The number of nitrogens with one attached hydrogen (secondary N) is 1. The van der Waals surface area contributed by atoms with Crippen molar-refractivity contribution in [3.63, 3.8) is 0 Å². The van der Waals surface area contributed by atoms with E-state index in [-0.39, 0.29) is 17.9 Å². The third-order valence-corrected chi connectivity index (χ3v) is 8.06. The zero-order valence-corrected chi connectivity index (χ0v) is 23.0. The summed E-state index contributed by atoms with van der Waals surface area (Å²) < 4.78 is 5.25. The van der Waals surface area contributed by atoms with Crippen molar-refractivity contribution in [1.29, 1.82) is 0 Å². The number of benzene rings is 3. The van der Waals surface area contributed by atoms with Crippen LogP contribution in [0.25, 0.3) is 0 Å². The normalized spacial score (nSPS) is 14.4. The molecule has 0 saturated heterocycles. The highest BCUT2D eigenvalue weighted by Crippen LogP contribution is 2.22. The van der Waals surface area contributed by atoms with E-state index in [1.54, 1.807) is 23.8 Å². The fraction of sp³-hybridized carbons (Fsp3) is 0.375. The second-order valence-corrected chi connectivity index (χ2v) is 10.9. The first kappa shape index (κ1) is 27.8. The van der Waals surface area contributed by atoms with E-state index in [0.717, 1.165) is 48.1 Å². The van der Waals surface area contributed by atoms with Crippen LogP contribution in [0.3, 0.4) is 0 Å². The Kier molecular flexibility index (Phi) is 10.7. The summed E-state index contributed by atoms with van der Waals surface area (Å²) in [6.45, 7) is 0.401. The van der Waals surface area contributed by atoms with E-state index in [1.165, 1.54) is 6.42 Å². The maximum absolute atomic E-state index is 13.8. The molecule has 0 bridgehead atoms. The largest absolute Gasteiger partial charge is 0.497 e. The van der Waals surface area contributed by atoms with E-state index in [1.807, 2.05) is 84.9 Å². The van der Waals surface area contributed by atoms with E-state index >= 15 is 0 Å². The number of nitrogens with zero attached hydrogens (tertiary/aromatic N) is 1. The molecule has 2 amide bonds. The predicted octanol–water partition coefficient (Wildman–Crippen LogP) is 6.02. The molecular formula is C32H38N2O3S. The van der Waals surface area contributed by atoms with E-state index in [4.69, 9.17) is 4.74 Å². The quantitative estimate of drug-likeness (QED) is 0.311. The van der Waals surface area contributed by atoms with Crippen LogP contribution in [-0.4, -0.2) is 41.7 Å². The van der Waals surface area contributed by atoms with Crippen LogP contribution in [0.2, 0.25) is 0 Å². The average molecular weight is 531 g/mol. The molecule has 0 radical (unpaired) electrons. The monoisotopic (exact) mass is 530 g/mol. The number of hydrogen-bond donors (Lipinski definition) is 1. The Morgan fingerprint density at radius 2 is 1.50 bits per heavy atom. The van der Waals surface area contributed by atoms with Gasteiger partial charge in [-0.3, -0.25) is 9.59 Å². The minimum atomic E-state index is -0.575. The van der Waals surface area contributed by atoms with Crippen LogP contribution < -0.4 is 10.1 Å². The predicted molar refractivity (Wildman–Crippen MR) is 155 cm³/mol. The summed E-state index contributed by atoms with van der Waals surface area (Å²) in [7, 11) is 1.65. The number of hydrogen-bond acceptors (Lipinski definition) is 4. The molecule has 3 aromatic carbocycles. The molecule has 4 rings (SSSR count). The van der Waals surface area contributed by atoms with E-state index in [9.17, 15) is 9.59 Å². The van der Waals surface area contributed by atoms with Crippen LogP contribution in [0.1, 0.15) is 48.8 Å². The van der Waals surface area contributed by atoms with Crippen LogP contribution in [0, 0.1) is 0 Å². The fourth-order valence-corrected chi connectivity index (χ4v) is 5.81. The summed E-state index contributed by atoms with van der Waals surface area (Å²) in [5.41, 5.74) is 3.20. The van der Waals surface area contributed by atoms with Crippen molar-refractivity contribution in [2.45, 2.75) is 62.9 Å². The number of carbonyl (C=O) groups excluding carboxylic acids is 2. The number of ether oxygens (including phenoxy) is 1. The van der Waals surface area contributed by atoms with Gasteiger partial charge in [0.15, 0.2) is 0 Å². The molecule has 0 spiro atoms. The molecule has 1 unspecified atom stereocenters. The summed E-state index contributed by atoms with van der Waals surface area (Å²) in [5, 5.41) is 3.30. The lowest BCUT2D eigenvalue weighted by molar-refractivity contribution is -0.139. The van der Waals surface area contributed by atoms with Crippen LogP contribution in [0.5, 0.6) is 5.75 Å². The van der Waals surface area contributed by atoms with Gasteiger partial charge in [0.2, 0.25) is 11.8 Å². The van der Waals surface area contributed by atoms with Crippen molar-refractivity contribution in [1.82, 2.24) is 10.2 Å². The zero-order valence-electron chi connectivity index (χ0n) is 22.2. The van der Waals surface area contributed by atoms with E-state index < -0.39 is 6.04 Å². The zero-order chi connectivity index (χ0) is 26.6. The highest BCUT2D eigenvalue weighted by atomic mass is 32.2. The van der Waals surface area contributed by atoms with E-state index in [2.05, 4.69) is 5.32 Å². The summed E-state index contributed by atoms with van der Waals surface area (Å²) in [4.78, 5) is 29.3. The molecular weight excluding hydrogens is 492 g/mol. The summed E-state index contributed by atoms with van der Waals surface area (Å²) in [6, 6.07) is 27.5. The summed E-state index contributed by atoms with van der Waals surface area (Å²) >= 11 is 1.57. The van der Waals surface area contributed by atoms with Crippen molar-refractivity contribution in [2.75, 3.05) is 12.9 Å². The number of methoxy groups -OCH3 is 1. The molecule has 3 aromatic rings. The minimum absolute atomic E-state index is 0.0212. The van der Waals surface area contributed by atoms with Gasteiger partial charge in [0, 0.05) is 24.8 Å². The van der Waals surface area contributed by atoms with E-state index in [0.29, 0.717) is 24.5 Å². The molecule has 38 heavy (non-hydrogen) atoms. The first-order valence-corrected chi connectivity index (χ1v) is 14.7. The van der Waals surface area contributed by atoms with Crippen molar-refractivity contribution < 1.29 is 14.3 Å². The lowest BCUT2D eigenvalue weighted by atomic mass is 9.94. The minimum Gasteiger partial charge on any atom is -0.497 e. The van der Waals surface area contributed by atoms with Gasteiger partial charge in [-0.05, 0) is 41.7 Å². The molecule has 1 aliphatic rings. The first-order valence-electron chi connectivity index (χ1n) is 13.5. The molecule has 6 heteroatoms. The molecule has 200 valence electrons. The lowest BCUT2D eigenvalue weighted by Gasteiger charge is -2.33. The van der Waals surface area contributed by atoms with Crippen LogP contribution in [0.15, 0.2) is 84.9 Å². The van der Waals surface area contributed by atoms with Gasteiger partial charge < -0.3 is 15.0 Å². The van der Waals surface area contributed by atoms with Gasteiger partial charge in [0.25, 0.3) is 0 Å². The Hall–Kier alpha value is -3.25. The molecule has 1 fully saturated rings. The molecule has 1 N–H and O–H groups in total. The van der Waals surface area contributed by atoms with Gasteiger partial charge in [-0.25, -0.2) is 0 Å². The SMILES string of the molecule is COc1ccc(CSCC(=O)N(Cc2ccccc2)C(Cc2ccccc2)C(=O)NC2CCCCC2)cc1. The van der Waals surface area contributed by atoms with Gasteiger partial charge in [0.05, 0.1) is 12.9 Å². The third kappa shape index (κ3) is 8.38. The van der Waals surface area contributed by atoms with Crippen LogP contribution >= 0.6 is 11.8 Å². The highest BCUT2D eigenvalue weighted by molar-refractivity contribution is 7.99. The van der Waals surface area contributed by atoms with Crippen molar-refractivity contribution in [3.05, 3.63) is 102 Å². The smallest absolute Gasteiger partial charge is 0.243 e. The number of rotatable bonds is 12. The first-order chi connectivity index (χ1) is 18.6. The van der Waals surface area contributed by atoms with Gasteiger partial charge in [0.1, 0.15) is 11.8 Å². The van der Waals surface area contributed by atoms with Gasteiger partial charge in [-0.15, -0.1) is 11.8 Å². The second kappa shape index (κ2) is 14.6. The maximum Gasteiger partial charge on any atom is 0.243 e. The molecule has 0 aliphatic heterocycles. The number of thioether (sulfide) groups is 1. The maximum atomic E-state index is 13.8. The van der Waals surface area contributed by atoms with Crippen molar-refractivity contribution in [3.8, 4) is 5.75 Å². The second-order valence-electron chi connectivity index (χ2n) is 9.90. The average Bonchev–Trinajstić information content (AvgIpc) is 2.97. The number of amides is 2. The van der Waals surface area contributed by atoms with Crippen molar-refractivity contribution >= 4 is 23.6 Å². The van der Waals surface area contributed by atoms with Gasteiger partial charge in [-0.2, -0.15) is 0 Å². The molecule has 1 saturated carbocycles. The highest BCUT2D eigenvalue weighted by Gasteiger charge is 2.31. The topological polar surface area (TPSA) is 58.6 Å². The summed E-state index contributed by atoms with van der Waals surface area (Å²) in [6.07, 6.45) is 6.01. The molecule has 1 atom stereocenters.